The fourth-order valence-corrected chi connectivity index (χ4v) is 2.18. The van der Waals surface area contributed by atoms with Gasteiger partial charge in [0.2, 0.25) is 5.95 Å². The van der Waals surface area contributed by atoms with Crippen LogP contribution >= 0.6 is 0 Å². The summed E-state index contributed by atoms with van der Waals surface area (Å²) in [5.41, 5.74) is 2.21. The predicted molar refractivity (Wildman–Crippen MR) is 81.6 cm³/mol. The maximum absolute atomic E-state index is 4.61. The number of nitrogens with zero attached hydrogens (tertiary/aromatic N) is 3. The van der Waals surface area contributed by atoms with Crippen LogP contribution in [0.5, 0.6) is 0 Å². The SMILES string of the molecule is CCC(C)N(C)CCNc1nc2ccccc2n1C. The van der Waals surface area contributed by atoms with Crippen LogP contribution in [0, 0.1) is 0 Å². The molecule has 2 aromatic rings. The van der Waals surface area contributed by atoms with E-state index >= 15 is 0 Å². The Morgan fingerprint density at radius 2 is 2.11 bits per heavy atom. The van der Waals surface area contributed by atoms with E-state index in [0.717, 1.165) is 24.6 Å². The summed E-state index contributed by atoms with van der Waals surface area (Å²) in [6.07, 6.45) is 1.18. The number of aryl methyl sites for hydroxylation is 1. The molecular weight excluding hydrogens is 236 g/mol. The molecule has 0 saturated heterocycles. The van der Waals surface area contributed by atoms with Gasteiger partial charge < -0.3 is 14.8 Å². The summed E-state index contributed by atoms with van der Waals surface area (Å²) in [6, 6.07) is 8.84. The number of hydrogen-bond acceptors (Lipinski definition) is 3. The lowest BCUT2D eigenvalue weighted by molar-refractivity contribution is 0.261. The predicted octanol–water partition coefficient (Wildman–Crippen LogP) is 2.72. The van der Waals surface area contributed by atoms with Crippen molar-refractivity contribution in [1.82, 2.24) is 14.5 Å². The van der Waals surface area contributed by atoms with Crippen LogP contribution in [0.4, 0.5) is 5.95 Å². The smallest absolute Gasteiger partial charge is 0.203 e. The van der Waals surface area contributed by atoms with E-state index in [4.69, 9.17) is 0 Å². The van der Waals surface area contributed by atoms with Gasteiger partial charge in [0.15, 0.2) is 0 Å². The minimum absolute atomic E-state index is 0.627. The number of anilines is 1. The lowest BCUT2D eigenvalue weighted by atomic mass is 10.2. The highest BCUT2D eigenvalue weighted by atomic mass is 15.2. The summed E-state index contributed by atoms with van der Waals surface area (Å²) < 4.78 is 2.11. The summed E-state index contributed by atoms with van der Waals surface area (Å²) in [5.74, 6) is 0.943. The Kier molecular flexibility index (Phi) is 4.43. The third kappa shape index (κ3) is 3.07. The number of rotatable bonds is 6. The molecule has 1 aromatic heterocycles. The van der Waals surface area contributed by atoms with E-state index < -0.39 is 0 Å². The molecule has 0 spiro atoms. The Hall–Kier alpha value is -1.55. The number of likely N-dealkylation sites (N-methyl/N-ethyl adjacent to an activating group) is 1. The standard InChI is InChI=1S/C15H24N4/c1-5-12(2)18(3)11-10-16-15-17-13-8-6-7-9-14(13)19(15)4/h6-9,12H,5,10-11H2,1-4H3,(H,16,17). The van der Waals surface area contributed by atoms with Crippen LogP contribution in [0.25, 0.3) is 11.0 Å². The van der Waals surface area contributed by atoms with E-state index in [1.54, 1.807) is 0 Å². The average Bonchev–Trinajstić information content (AvgIpc) is 2.75. The summed E-state index contributed by atoms with van der Waals surface area (Å²) in [4.78, 5) is 6.98. The molecule has 0 radical (unpaired) electrons. The van der Waals surface area contributed by atoms with Crippen LogP contribution in [-0.2, 0) is 7.05 Å². The normalized spacial score (nSPS) is 13.1. The number of fused-ring (bicyclic) bond motifs is 1. The van der Waals surface area contributed by atoms with Gasteiger partial charge in [-0.2, -0.15) is 0 Å². The second kappa shape index (κ2) is 6.06. The van der Waals surface area contributed by atoms with Gasteiger partial charge in [0, 0.05) is 26.2 Å². The van der Waals surface area contributed by atoms with E-state index in [0.29, 0.717) is 6.04 Å². The quantitative estimate of drug-likeness (QED) is 0.867. The molecule has 2 rings (SSSR count). The first-order valence-electron chi connectivity index (χ1n) is 6.99. The molecule has 0 fully saturated rings. The van der Waals surface area contributed by atoms with Crippen LogP contribution in [0.3, 0.4) is 0 Å². The van der Waals surface area contributed by atoms with Crippen molar-refractivity contribution in [2.24, 2.45) is 7.05 Å². The van der Waals surface area contributed by atoms with Crippen LogP contribution in [-0.4, -0.2) is 40.6 Å². The van der Waals surface area contributed by atoms with Crippen LogP contribution < -0.4 is 5.32 Å². The van der Waals surface area contributed by atoms with Gasteiger partial charge in [-0.15, -0.1) is 0 Å². The van der Waals surface area contributed by atoms with E-state index in [1.165, 1.54) is 11.9 Å². The van der Waals surface area contributed by atoms with Gasteiger partial charge >= 0.3 is 0 Å². The first-order valence-corrected chi connectivity index (χ1v) is 6.99. The number of para-hydroxylation sites is 2. The first kappa shape index (κ1) is 13.9. The minimum Gasteiger partial charge on any atom is -0.354 e. The highest BCUT2D eigenvalue weighted by Gasteiger charge is 2.08. The molecule has 0 aliphatic carbocycles. The Morgan fingerprint density at radius 3 is 2.79 bits per heavy atom. The lowest BCUT2D eigenvalue weighted by Gasteiger charge is -2.23. The van der Waals surface area contributed by atoms with Crippen molar-refractivity contribution < 1.29 is 0 Å². The molecule has 0 saturated carbocycles. The molecule has 19 heavy (non-hydrogen) atoms. The fraction of sp³-hybridized carbons (Fsp3) is 0.533. The molecule has 1 heterocycles. The van der Waals surface area contributed by atoms with Gasteiger partial charge in [-0.3, -0.25) is 0 Å². The maximum Gasteiger partial charge on any atom is 0.203 e. The van der Waals surface area contributed by atoms with Crippen molar-refractivity contribution in [3.05, 3.63) is 24.3 Å². The number of nitrogens with one attached hydrogen (secondary N) is 1. The van der Waals surface area contributed by atoms with E-state index in [1.807, 2.05) is 18.2 Å². The highest BCUT2D eigenvalue weighted by Crippen LogP contribution is 2.17. The van der Waals surface area contributed by atoms with Gasteiger partial charge in [0.05, 0.1) is 11.0 Å². The second-order valence-corrected chi connectivity index (χ2v) is 5.15. The van der Waals surface area contributed by atoms with Crippen molar-refractivity contribution in [2.75, 3.05) is 25.5 Å². The zero-order valence-electron chi connectivity index (χ0n) is 12.3. The fourth-order valence-electron chi connectivity index (χ4n) is 2.18. The summed E-state index contributed by atoms with van der Waals surface area (Å²) in [7, 11) is 4.22. The number of hydrogen-bond donors (Lipinski definition) is 1. The third-order valence-electron chi connectivity index (χ3n) is 3.88. The molecule has 0 bridgehead atoms. The molecule has 1 aromatic carbocycles. The van der Waals surface area contributed by atoms with Crippen LogP contribution in [0.15, 0.2) is 24.3 Å². The van der Waals surface area contributed by atoms with E-state index in [9.17, 15) is 0 Å². The monoisotopic (exact) mass is 260 g/mol. The maximum atomic E-state index is 4.61. The number of benzene rings is 1. The Morgan fingerprint density at radius 1 is 1.37 bits per heavy atom. The molecule has 0 amide bonds. The Balaban J connectivity index is 1.97. The van der Waals surface area contributed by atoms with Crippen LogP contribution in [0.2, 0.25) is 0 Å². The highest BCUT2D eigenvalue weighted by molar-refractivity contribution is 5.78. The van der Waals surface area contributed by atoms with Gasteiger partial charge in [-0.1, -0.05) is 19.1 Å². The van der Waals surface area contributed by atoms with E-state index in [-0.39, 0.29) is 0 Å². The van der Waals surface area contributed by atoms with Crippen molar-refractivity contribution >= 4 is 17.0 Å². The summed E-state index contributed by atoms with van der Waals surface area (Å²) in [5, 5.41) is 3.42. The molecule has 1 N–H and O–H groups in total. The molecule has 1 atom stereocenters. The molecule has 0 aliphatic rings. The van der Waals surface area contributed by atoms with Gasteiger partial charge in [-0.05, 0) is 32.5 Å². The van der Waals surface area contributed by atoms with Crippen LogP contribution in [0.1, 0.15) is 20.3 Å². The summed E-state index contributed by atoms with van der Waals surface area (Å²) >= 11 is 0. The van der Waals surface area contributed by atoms with Crippen molar-refractivity contribution in [2.45, 2.75) is 26.3 Å². The molecule has 104 valence electrons. The van der Waals surface area contributed by atoms with Crippen molar-refractivity contribution in [3.63, 3.8) is 0 Å². The van der Waals surface area contributed by atoms with Gasteiger partial charge in [0.25, 0.3) is 0 Å². The molecule has 4 nitrogen and oxygen atoms in total. The lowest BCUT2D eigenvalue weighted by Crippen LogP contribution is -2.33. The third-order valence-corrected chi connectivity index (χ3v) is 3.88. The number of aromatic nitrogens is 2. The Labute approximate surface area is 115 Å². The zero-order chi connectivity index (χ0) is 13.8. The molecule has 4 heteroatoms. The largest absolute Gasteiger partial charge is 0.354 e. The van der Waals surface area contributed by atoms with Crippen molar-refractivity contribution in [3.8, 4) is 0 Å². The van der Waals surface area contributed by atoms with Gasteiger partial charge in [-0.25, -0.2) is 4.98 Å². The van der Waals surface area contributed by atoms with Gasteiger partial charge in [0.1, 0.15) is 0 Å². The van der Waals surface area contributed by atoms with Crippen molar-refractivity contribution in [1.29, 1.82) is 0 Å². The molecular formula is C15H24N4. The molecule has 1 unspecified atom stereocenters. The second-order valence-electron chi connectivity index (χ2n) is 5.15. The Bertz CT molecular complexity index is 532. The number of imidazole rings is 1. The zero-order valence-corrected chi connectivity index (χ0v) is 12.3. The summed E-state index contributed by atoms with van der Waals surface area (Å²) in [6.45, 7) is 6.42. The topological polar surface area (TPSA) is 33.1 Å². The van der Waals surface area contributed by atoms with E-state index in [2.05, 4.69) is 53.8 Å². The minimum atomic E-state index is 0.627. The first-order chi connectivity index (χ1) is 9.13. The molecule has 0 aliphatic heterocycles. The average molecular weight is 260 g/mol.